The van der Waals surface area contributed by atoms with Gasteiger partial charge in [-0.1, -0.05) is 42.0 Å². The van der Waals surface area contributed by atoms with Crippen LogP contribution in [0.5, 0.6) is 0 Å². The van der Waals surface area contributed by atoms with Crippen molar-refractivity contribution in [3.05, 3.63) is 65.2 Å². The van der Waals surface area contributed by atoms with Crippen molar-refractivity contribution in [3.63, 3.8) is 0 Å². The number of hydrogen-bond donors (Lipinski definition) is 1. The molecule has 1 N–H and O–H groups in total. The van der Waals surface area contributed by atoms with Gasteiger partial charge in [0.15, 0.2) is 0 Å². The minimum atomic E-state index is -3.75. The second kappa shape index (κ2) is 11.2. The summed E-state index contributed by atoms with van der Waals surface area (Å²) in [6.45, 7) is 5.78. The molecule has 40 heavy (non-hydrogen) atoms. The fourth-order valence-corrected chi connectivity index (χ4v) is 8.70. The number of nitrogens with one attached hydrogen (secondary N) is 1. The van der Waals surface area contributed by atoms with Gasteiger partial charge in [0.1, 0.15) is 12.6 Å². The Kier molecular flexibility index (Phi) is 8.01. The van der Waals surface area contributed by atoms with Crippen molar-refractivity contribution >= 4 is 27.5 Å². The number of aryl methyl sites for hydroxylation is 1. The third kappa shape index (κ3) is 5.92. The summed E-state index contributed by atoms with van der Waals surface area (Å²) in [7, 11) is -3.75. The molecule has 4 fully saturated rings. The molecule has 2 aromatic rings. The molecule has 216 valence electrons. The maximum atomic E-state index is 13.7. The summed E-state index contributed by atoms with van der Waals surface area (Å²) in [6.07, 6.45) is 8.94. The first kappa shape index (κ1) is 28.7. The molecule has 7 nitrogen and oxygen atoms in total. The van der Waals surface area contributed by atoms with Crippen LogP contribution in [0.4, 0.5) is 5.69 Å². The van der Waals surface area contributed by atoms with Crippen LogP contribution in [0.3, 0.4) is 0 Å². The first-order valence-electron chi connectivity index (χ1n) is 14.7. The summed E-state index contributed by atoms with van der Waals surface area (Å²) in [4.78, 5) is 28.0. The Morgan fingerprint density at radius 2 is 1.50 bits per heavy atom. The SMILES string of the molecule is CCNC(=O)C(C)N(Cc1ccc(C)cc1)C(=O)CN(c1ccc(C23CC4CC(CC(C4)C2)C3)cc1)S(C)(=O)=O. The Labute approximate surface area is 239 Å². The number of sulfonamides is 1. The number of nitrogens with zero attached hydrogens (tertiary/aromatic N) is 2. The highest BCUT2D eigenvalue weighted by atomic mass is 32.2. The Morgan fingerprint density at radius 1 is 0.950 bits per heavy atom. The van der Waals surface area contributed by atoms with Gasteiger partial charge in [-0.25, -0.2) is 8.42 Å². The summed E-state index contributed by atoms with van der Waals surface area (Å²) < 4.78 is 27.1. The van der Waals surface area contributed by atoms with Crippen LogP contribution in [0, 0.1) is 24.7 Å². The van der Waals surface area contributed by atoms with Gasteiger partial charge in [-0.15, -0.1) is 0 Å². The molecule has 4 aliphatic carbocycles. The van der Waals surface area contributed by atoms with Crippen LogP contribution in [0.2, 0.25) is 0 Å². The van der Waals surface area contributed by atoms with Crippen LogP contribution in [0.1, 0.15) is 69.1 Å². The van der Waals surface area contributed by atoms with E-state index in [1.165, 1.54) is 53.3 Å². The number of hydrogen-bond acceptors (Lipinski definition) is 4. The molecule has 6 rings (SSSR count). The first-order chi connectivity index (χ1) is 19.0. The Morgan fingerprint density at radius 3 is 2.00 bits per heavy atom. The first-order valence-corrected chi connectivity index (χ1v) is 16.5. The summed E-state index contributed by atoms with van der Waals surface area (Å²) in [5.74, 6) is 1.77. The Bertz CT molecular complexity index is 1300. The summed E-state index contributed by atoms with van der Waals surface area (Å²) in [5.41, 5.74) is 3.97. The molecular formula is C32H43N3O4S. The fourth-order valence-electron chi connectivity index (χ4n) is 7.85. The predicted molar refractivity (Wildman–Crippen MR) is 158 cm³/mol. The van der Waals surface area contributed by atoms with E-state index >= 15 is 0 Å². The summed E-state index contributed by atoms with van der Waals surface area (Å²) >= 11 is 0. The van der Waals surface area contributed by atoms with Gasteiger partial charge in [0.05, 0.1) is 11.9 Å². The van der Waals surface area contributed by atoms with Crippen LogP contribution in [0.25, 0.3) is 0 Å². The minimum absolute atomic E-state index is 0.208. The van der Waals surface area contributed by atoms with Gasteiger partial charge in [-0.2, -0.15) is 0 Å². The van der Waals surface area contributed by atoms with E-state index in [2.05, 4.69) is 17.4 Å². The maximum absolute atomic E-state index is 13.7. The van der Waals surface area contributed by atoms with Crippen LogP contribution >= 0.6 is 0 Å². The lowest BCUT2D eigenvalue weighted by Gasteiger charge is -2.57. The molecule has 2 amide bonds. The van der Waals surface area contributed by atoms with Crippen LogP contribution < -0.4 is 9.62 Å². The molecule has 8 heteroatoms. The average Bonchev–Trinajstić information content (AvgIpc) is 2.90. The van der Waals surface area contributed by atoms with Crippen molar-refractivity contribution in [2.24, 2.45) is 17.8 Å². The van der Waals surface area contributed by atoms with Crippen molar-refractivity contribution in [1.82, 2.24) is 10.2 Å². The number of rotatable bonds is 10. The van der Waals surface area contributed by atoms with Gasteiger partial charge < -0.3 is 10.2 Å². The quantitative estimate of drug-likeness (QED) is 0.449. The molecule has 0 aliphatic heterocycles. The van der Waals surface area contributed by atoms with E-state index < -0.39 is 22.0 Å². The van der Waals surface area contributed by atoms with E-state index in [-0.39, 0.29) is 24.4 Å². The van der Waals surface area contributed by atoms with E-state index in [4.69, 9.17) is 0 Å². The molecule has 0 aromatic heterocycles. The second-order valence-electron chi connectivity index (χ2n) is 12.6. The fraction of sp³-hybridized carbons (Fsp3) is 0.562. The van der Waals surface area contributed by atoms with E-state index in [9.17, 15) is 18.0 Å². The number of benzene rings is 2. The molecule has 0 radical (unpaired) electrons. The molecule has 4 saturated carbocycles. The zero-order chi connectivity index (χ0) is 28.7. The zero-order valence-electron chi connectivity index (χ0n) is 24.2. The van der Waals surface area contributed by atoms with E-state index in [1.807, 2.05) is 50.2 Å². The Balaban J connectivity index is 1.38. The van der Waals surface area contributed by atoms with Crippen molar-refractivity contribution in [2.75, 3.05) is 23.7 Å². The van der Waals surface area contributed by atoms with E-state index in [1.54, 1.807) is 6.92 Å². The number of likely N-dealkylation sites (N-methyl/N-ethyl adjacent to an activating group) is 1. The highest BCUT2D eigenvalue weighted by molar-refractivity contribution is 7.92. The normalized spacial score (nSPS) is 25.9. The third-order valence-electron chi connectivity index (χ3n) is 9.48. The van der Waals surface area contributed by atoms with Gasteiger partial charge in [-0.05, 0) is 106 Å². The lowest BCUT2D eigenvalue weighted by atomic mass is 9.48. The predicted octanol–water partition coefficient (Wildman–Crippen LogP) is 4.78. The zero-order valence-corrected chi connectivity index (χ0v) is 25.0. The smallest absolute Gasteiger partial charge is 0.244 e. The molecule has 1 unspecified atom stereocenters. The number of carbonyl (C=O) groups is 2. The summed E-state index contributed by atoms with van der Waals surface area (Å²) in [6, 6.07) is 14.9. The van der Waals surface area contributed by atoms with Gasteiger partial charge in [-0.3, -0.25) is 13.9 Å². The van der Waals surface area contributed by atoms with E-state index in [0.717, 1.165) is 35.1 Å². The molecule has 0 spiro atoms. The standard InChI is InChI=1S/C32H43N3O4S/c1-5-33-31(37)23(3)34(20-24-8-6-22(2)7-9-24)30(36)21-35(40(4,38)39)29-12-10-28(11-13-29)32-17-25-14-26(18-32)16-27(15-25)19-32/h6-13,23,25-27H,5,14-21H2,1-4H3,(H,33,37). The molecule has 0 heterocycles. The van der Waals surface area contributed by atoms with Crippen molar-refractivity contribution in [1.29, 1.82) is 0 Å². The van der Waals surface area contributed by atoms with Crippen LogP contribution in [-0.2, 0) is 31.6 Å². The topological polar surface area (TPSA) is 86.8 Å². The maximum Gasteiger partial charge on any atom is 0.244 e. The molecule has 4 aliphatic rings. The number of amides is 2. The van der Waals surface area contributed by atoms with Crippen molar-refractivity contribution in [3.8, 4) is 0 Å². The molecule has 1 atom stereocenters. The highest BCUT2D eigenvalue weighted by Crippen LogP contribution is 2.60. The number of carbonyl (C=O) groups excluding carboxylic acids is 2. The van der Waals surface area contributed by atoms with Gasteiger partial charge in [0, 0.05) is 13.1 Å². The highest BCUT2D eigenvalue weighted by Gasteiger charge is 2.51. The van der Waals surface area contributed by atoms with Crippen LogP contribution in [-0.4, -0.2) is 50.5 Å². The van der Waals surface area contributed by atoms with Gasteiger partial charge in [0.25, 0.3) is 0 Å². The van der Waals surface area contributed by atoms with E-state index in [0.29, 0.717) is 12.2 Å². The molecule has 2 aromatic carbocycles. The van der Waals surface area contributed by atoms with Gasteiger partial charge >= 0.3 is 0 Å². The summed E-state index contributed by atoms with van der Waals surface area (Å²) in [5, 5.41) is 2.79. The van der Waals surface area contributed by atoms with Crippen molar-refractivity contribution < 1.29 is 18.0 Å². The van der Waals surface area contributed by atoms with Crippen molar-refractivity contribution in [2.45, 2.75) is 77.3 Å². The largest absolute Gasteiger partial charge is 0.355 e. The Hall–Kier alpha value is -2.87. The lowest BCUT2D eigenvalue weighted by Crippen LogP contribution is -2.51. The van der Waals surface area contributed by atoms with Crippen LogP contribution in [0.15, 0.2) is 48.5 Å². The average molecular weight is 566 g/mol. The molecule has 4 bridgehead atoms. The number of anilines is 1. The van der Waals surface area contributed by atoms with Gasteiger partial charge in [0.2, 0.25) is 21.8 Å². The lowest BCUT2D eigenvalue weighted by molar-refractivity contribution is -0.139. The second-order valence-corrected chi connectivity index (χ2v) is 14.5. The monoisotopic (exact) mass is 565 g/mol. The molecular weight excluding hydrogens is 522 g/mol. The third-order valence-corrected chi connectivity index (χ3v) is 10.6. The molecule has 0 saturated heterocycles. The minimum Gasteiger partial charge on any atom is -0.355 e.